The largest absolute Gasteiger partial charge is 0.508 e. The first-order valence-electron chi connectivity index (χ1n) is 5.18. The van der Waals surface area contributed by atoms with Crippen molar-refractivity contribution in [3.8, 4) is 11.5 Å². The van der Waals surface area contributed by atoms with Crippen molar-refractivity contribution < 1.29 is 19.7 Å². The third-order valence-electron chi connectivity index (χ3n) is 2.19. The molecule has 4 nitrogen and oxygen atoms in total. The van der Waals surface area contributed by atoms with E-state index in [1.54, 1.807) is 19.1 Å². The third-order valence-corrected chi connectivity index (χ3v) is 2.19. The molecule has 0 fully saturated rings. The van der Waals surface area contributed by atoms with Crippen molar-refractivity contribution in [3.05, 3.63) is 23.8 Å². The normalized spacial score (nSPS) is 12.1. The number of aliphatic hydroxyl groups is 1. The summed E-state index contributed by atoms with van der Waals surface area (Å²) in [6, 6.07) is 4.92. The Bertz CT molecular complexity index is 349. The Kier molecular flexibility index (Phi) is 4.79. The number of carbonyl (C=O) groups is 1. The molecular formula is C12H16O4. The zero-order valence-corrected chi connectivity index (χ0v) is 9.22. The fourth-order valence-corrected chi connectivity index (χ4v) is 1.36. The van der Waals surface area contributed by atoms with Crippen LogP contribution in [0.4, 0.5) is 0 Å². The van der Waals surface area contributed by atoms with E-state index >= 15 is 0 Å². The molecule has 4 heteroatoms. The van der Waals surface area contributed by atoms with Gasteiger partial charge in [0.1, 0.15) is 24.4 Å². The lowest BCUT2D eigenvalue weighted by Crippen LogP contribution is -2.03. The van der Waals surface area contributed by atoms with Gasteiger partial charge in [-0.25, -0.2) is 0 Å². The molecule has 0 heterocycles. The smallest absolute Gasteiger partial charge is 0.123 e. The average molecular weight is 224 g/mol. The Morgan fingerprint density at radius 1 is 1.50 bits per heavy atom. The predicted octanol–water partition coefficient (Wildman–Crippen LogP) is 1.14. The maximum absolute atomic E-state index is 10.5. The number of rotatable bonds is 6. The highest BCUT2D eigenvalue weighted by Gasteiger charge is 2.07. The van der Waals surface area contributed by atoms with E-state index in [9.17, 15) is 9.90 Å². The molecule has 0 radical (unpaired) electrons. The van der Waals surface area contributed by atoms with Gasteiger partial charge in [-0.05, 0) is 18.1 Å². The van der Waals surface area contributed by atoms with Crippen LogP contribution in [0.5, 0.6) is 11.5 Å². The van der Waals surface area contributed by atoms with Crippen molar-refractivity contribution in [2.75, 3.05) is 13.2 Å². The number of ether oxygens (including phenoxy) is 1. The fourth-order valence-electron chi connectivity index (χ4n) is 1.36. The van der Waals surface area contributed by atoms with E-state index < -0.39 is 0 Å². The van der Waals surface area contributed by atoms with Crippen molar-refractivity contribution in [3.63, 3.8) is 0 Å². The summed E-state index contributed by atoms with van der Waals surface area (Å²) in [6.07, 6.45) is 1.37. The molecule has 2 N–H and O–H groups in total. The molecule has 0 aliphatic rings. The summed E-state index contributed by atoms with van der Waals surface area (Å²) in [7, 11) is 0. The molecule has 1 unspecified atom stereocenters. The van der Waals surface area contributed by atoms with Crippen molar-refractivity contribution in [2.24, 2.45) is 5.92 Å². The van der Waals surface area contributed by atoms with Crippen LogP contribution in [-0.2, 0) is 11.2 Å². The Labute approximate surface area is 94.5 Å². The number of phenolic OH excluding ortho intramolecular Hbond substituents is 1. The van der Waals surface area contributed by atoms with E-state index in [1.807, 2.05) is 0 Å². The summed E-state index contributed by atoms with van der Waals surface area (Å²) in [5, 5.41) is 18.3. The lowest BCUT2D eigenvalue weighted by Gasteiger charge is -2.09. The van der Waals surface area contributed by atoms with Crippen LogP contribution in [0.3, 0.4) is 0 Å². The van der Waals surface area contributed by atoms with Gasteiger partial charge in [0, 0.05) is 12.0 Å². The third kappa shape index (κ3) is 3.55. The molecule has 16 heavy (non-hydrogen) atoms. The molecule has 1 aromatic rings. The van der Waals surface area contributed by atoms with Gasteiger partial charge in [-0.15, -0.1) is 0 Å². The number of hydrogen-bond donors (Lipinski definition) is 2. The molecule has 0 aliphatic heterocycles. The van der Waals surface area contributed by atoms with Crippen LogP contribution in [0.2, 0.25) is 0 Å². The minimum absolute atomic E-state index is 0.0648. The van der Waals surface area contributed by atoms with E-state index in [0.717, 1.165) is 11.8 Å². The summed E-state index contributed by atoms with van der Waals surface area (Å²) in [5.41, 5.74) is 0.718. The van der Waals surface area contributed by atoms with Crippen molar-refractivity contribution in [1.82, 2.24) is 0 Å². The molecule has 0 saturated carbocycles. The summed E-state index contributed by atoms with van der Waals surface area (Å²) in [6.45, 7) is 1.93. The van der Waals surface area contributed by atoms with Gasteiger partial charge in [-0.2, -0.15) is 0 Å². The molecule has 0 aromatic heterocycles. The van der Waals surface area contributed by atoms with Crippen LogP contribution >= 0.6 is 0 Å². The number of carbonyl (C=O) groups excluding carboxylic acids is 1. The van der Waals surface area contributed by atoms with Gasteiger partial charge < -0.3 is 19.7 Å². The molecule has 0 aliphatic carbocycles. The molecule has 1 rings (SSSR count). The average Bonchev–Trinajstić information content (AvgIpc) is 2.29. The SMILES string of the molecule is CC(C=O)Cc1ccc(OCCO)cc1O. The monoisotopic (exact) mass is 224 g/mol. The summed E-state index contributed by atoms with van der Waals surface area (Å²) in [5.74, 6) is 0.508. The number of aromatic hydroxyl groups is 1. The Morgan fingerprint density at radius 2 is 2.25 bits per heavy atom. The molecule has 0 bridgehead atoms. The number of hydrogen-bond acceptors (Lipinski definition) is 4. The lowest BCUT2D eigenvalue weighted by atomic mass is 10.0. The van der Waals surface area contributed by atoms with Crippen LogP contribution in [0, 0.1) is 5.92 Å². The minimum atomic E-state index is -0.116. The van der Waals surface area contributed by atoms with Crippen molar-refractivity contribution in [2.45, 2.75) is 13.3 Å². The highest BCUT2D eigenvalue weighted by atomic mass is 16.5. The molecule has 1 aromatic carbocycles. The Balaban J connectivity index is 2.71. The van der Waals surface area contributed by atoms with Gasteiger partial charge in [0.2, 0.25) is 0 Å². The van der Waals surface area contributed by atoms with Crippen molar-refractivity contribution in [1.29, 1.82) is 0 Å². The molecule has 0 spiro atoms. The summed E-state index contributed by atoms with van der Waals surface area (Å²) >= 11 is 0. The van der Waals surface area contributed by atoms with Crippen LogP contribution in [0.15, 0.2) is 18.2 Å². The number of phenols is 1. The highest BCUT2D eigenvalue weighted by Crippen LogP contribution is 2.25. The van der Waals surface area contributed by atoms with Crippen LogP contribution in [0.1, 0.15) is 12.5 Å². The van der Waals surface area contributed by atoms with Gasteiger partial charge in [0.05, 0.1) is 6.61 Å². The molecule has 1 atom stereocenters. The number of benzene rings is 1. The quantitative estimate of drug-likeness (QED) is 0.711. The maximum Gasteiger partial charge on any atom is 0.123 e. The fraction of sp³-hybridized carbons (Fsp3) is 0.417. The second-order valence-corrected chi connectivity index (χ2v) is 3.68. The van der Waals surface area contributed by atoms with E-state index in [0.29, 0.717) is 12.2 Å². The standard InChI is InChI=1S/C12H16O4/c1-9(8-14)6-10-2-3-11(7-12(10)15)16-5-4-13/h2-3,7-9,13,15H,4-6H2,1H3. The summed E-state index contributed by atoms with van der Waals surface area (Å²) < 4.78 is 5.14. The van der Waals surface area contributed by atoms with Gasteiger partial charge in [0.25, 0.3) is 0 Å². The number of aldehydes is 1. The zero-order valence-electron chi connectivity index (χ0n) is 9.22. The topological polar surface area (TPSA) is 66.8 Å². The second-order valence-electron chi connectivity index (χ2n) is 3.68. The van der Waals surface area contributed by atoms with Gasteiger partial charge in [0.15, 0.2) is 0 Å². The van der Waals surface area contributed by atoms with Crippen molar-refractivity contribution >= 4 is 6.29 Å². The van der Waals surface area contributed by atoms with Gasteiger partial charge >= 0.3 is 0 Å². The van der Waals surface area contributed by atoms with Crippen LogP contribution in [-0.4, -0.2) is 29.7 Å². The van der Waals surface area contributed by atoms with E-state index in [2.05, 4.69) is 0 Å². The van der Waals surface area contributed by atoms with Crippen LogP contribution < -0.4 is 4.74 Å². The Hall–Kier alpha value is -1.55. The maximum atomic E-state index is 10.5. The van der Waals surface area contributed by atoms with Gasteiger partial charge in [-0.1, -0.05) is 13.0 Å². The second kappa shape index (κ2) is 6.12. The molecule has 88 valence electrons. The minimum Gasteiger partial charge on any atom is -0.508 e. The van der Waals surface area contributed by atoms with E-state index in [1.165, 1.54) is 6.07 Å². The molecular weight excluding hydrogens is 208 g/mol. The van der Waals surface area contributed by atoms with Crippen LogP contribution in [0.25, 0.3) is 0 Å². The Morgan fingerprint density at radius 3 is 2.81 bits per heavy atom. The van der Waals surface area contributed by atoms with E-state index in [4.69, 9.17) is 9.84 Å². The summed E-state index contributed by atoms with van der Waals surface area (Å²) in [4.78, 5) is 10.5. The number of aliphatic hydroxyl groups excluding tert-OH is 1. The lowest BCUT2D eigenvalue weighted by molar-refractivity contribution is -0.110. The van der Waals surface area contributed by atoms with E-state index in [-0.39, 0.29) is 24.9 Å². The first kappa shape index (κ1) is 12.5. The first-order chi connectivity index (χ1) is 7.67. The highest BCUT2D eigenvalue weighted by molar-refractivity contribution is 5.54. The predicted molar refractivity (Wildman–Crippen MR) is 59.6 cm³/mol. The first-order valence-corrected chi connectivity index (χ1v) is 5.18. The molecule has 0 amide bonds. The molecule has 0 saturated heterocycles. The zero-order chi connectivity index (χ0) is 12.0. The van der Waals surface area contributed by atoms with Gasteiger partial charge in [-0.3, -0.25) is 0 Å².